The monoisotopic (exact) mass is 276 g/mol. The summed E-state index contributed by atoms with van der Waals surface area (Å²) in [5.74, 6) is 0.529. The first-order valence-corrected chi connectivity index (χ1v) is 7.34. The van der Waals surface area contributed by atoms with Crippen molar-refractivity contribution in [1.29, 1.82) is 0 Å². The van der Waals surface area contributed by atoms with Crippen LogP contribution in [0.3, 0.4) is 0 Å². The number of aliphatic hydroxyl groups is 1. The van der Waals surface area contributed by atoms with E-state index in [1.807, 2.05) is 37.1 Å². The molecule has 0 bridgehead atoms. The van der Waals surface area contributed by atoms with Crippen LogP contribution in [-0.4, -0.2) is 42.7 Å². The number of hydrogen-bond acceptors (Lipinski definition) is 3. The normalized spacial score (nSPS) is 18.9. The molecule has 110 valence electrons. The number of rotatable bonds is 4. The Bertz CT molecular complexity index is 472. The summed E-state index contributed by atoms with van der Waals surface area (Å²) in [4.78, 5) is 14.6. The molecule has 1 fully saturated rings. The Morgan fingerprint density at radius 3 is 3.00 bits per heavy atom. The molecular formula is C16H24N2O2. The van der Waals surface area contributed by atoms with Crippen molar-refractivity contribution in [3.63, 3.8) is 0 Å². The van der Waals surface area contributed by atoms with Gasteiger partial charge in [0.05, 0.1) is 5.56 Å². The third kappa shape index (κ3) is 3.31. The molecule has 0 radical (unpaired) electrons. The first-order valence-electron chi connectivity index (χ1n) is 7.34. The van der Waals surface area contributed by atoms with Crippen LogP contribution in [0.5, 0.6) is 0 Å². The molecule has 20 heavy (non-hydrogen) atoms. The number of carbonyl (C=O) groups excluding carboxylic acids is 1. The van der Waals surface area contributed by atoms with Crippen LogP contribution in [0.15, 0.2) is 18.2 Å². The second-order valence-corrected chi connectivity index (χ2v) is 5.57. The Hall–Kier alpha value is -1.55. The van der Waals surface area contributed by atoms with Crippen molar-refractivity contribution < 1.29 is 9.90 Å². The molecule has 0 spiro atoms. The Balaban J connectivity index is 2.16. The first kappa shape index (κ1) is 14.9. The summed E-state index contributed by atoms with van der Waals surface area (Å²) in [6.07, 6.45) is 2.92. The quantitative estimate of drug-likeness (QED) is 0.887. The molecule has 2 N–H and O–H groups in total. The lowest BCUT2D eigenvalue weighted by molar-refractivity contribution is 0.0654. The summed E-state index contributed by atoms with van der Waals surface area (Å²) in [6, 6.07) is 5.91. The van der Waals surface area contributed by atoms with Crippen molar-refractivity contribution >= 4 is 11.6 Å². The average Bonchev–Trinajstić information content (AvgIpc) is 2.47. The fourth-order valence-electron chi connectivity index (χ4n) is 2.89. The lowest BCUT2D eigenvalue weighted by Crippen LogP contribution is -2.40. The number of nitrogens with one attached hydrogen (secondary N) is 1. The molecule has 1 heterocycles. The SMILES string of the molecule is CNc1ccc(C)cc1C(=O)N1CCCC(CCO)C1. The van der Waals surface area contributed by atoms with Crippen molar-refractivity contribution in [2.75, 3.05) is 32.1 Å². The van der Waals surface area contributed by atoms with Crippen LogP contribution >= 0.6 is 0 Å². The molecule has 1 amide bonds. The van der Waals surface area contributed by atoms with Gasteiger partial charge in [-0.15, -0.1) is 0 Å². The molecule has 1 aromatic carbocycles. The Kier molecular flexibility index (Phi) is 5.01. The standard InChI is InChI=1S/C16H24N2O2/c1-12-5-6-15(17-2)14(10-12)16(20)18-8-3-4-13(11-18)7-9-19/h5-6,10,13,17,19H,3-4,7-9,11H2,1-2H3. The molecule has 1 aliphatic rings. The van der Waals surface area contributed by atoms with E-state index in [2.05, 4.69) is 5.32 Å². The second-order valence-electron chi connectivity index (χ2n) is 5.57. The van der Waals surface area contributed by atoms with E-state index in [4.69, 9.17) is 5.11 Å². The predicted octanol–water partition coefficient (Wildman–Crippen LogP) is 2.27. The zero-order valence-electron chi connectivity index (χ0n) is 12.4. The number of piperidine rings is 1. The van der Waals surface area contributed by atoms with Crippen molar-refractivity contribution in [3.8, 4) is 0 Å². The first-order chi connectivity index (χ1) is 9.65. The molecule has 4 heteroatoms. The fourth-order valence-corrected chi connectivity index (χ4v) is 2.89. The number of benzene rings is 1. The lowest BCUT2D eigenvalue weighted by Gasteiger charge is -2.33. The Morgan fingerprint density at radius 1 is 1.50 bits per heavy atom. The highest BCUT2D eigenvalue weighted by Gasteiger charge is 2.25. The summed E-state index contributed by atoms with van der Waals surface area (Å²) in [7, 11) is 1.84. The zero-order chi connectivity index (χ0) is 14.5. The van der Waals surface area contributed by atoms with Crippen molar-refractivity contribution in [3.05, 3.63) is 29.3 Å². The van der Waals surface area contributed by atoms with Crippen molar-refractivity contribution in [1.82, 2.24) is 4.90 Å². The highest BCUT2D eigenvalue weighted by Crippen LogP contribution is 2.24. The zero-order valence-corrected chi connectivity index (χ0v) is 12.4. The minimum absolute atomic E-state index is 0.0979. The van der Waals surface area contributed by atoms with Gasteiger partial charge < -0.3 is 15.3 Å². The van der Waals surface area contributed by atoms with Crippen molar-refractivity contribution in [2.45, 2.75) is 26.2 Å². The lowest BCUT2D eigenvalue weighted by atomic mass is 9.94. The maximum absolute atomic E-state index is 12.7. The highest BCUT2D eigenvalue weighted by molar-refractivity contribution is 5.99. The summed E-state index contributed by atoms with van der Waals surface area (Å²) in [5, 5.41) is 12.2. The smallest absolute Gasteiger partial charge is 0.255 e. The van der Waals surface area contributed by atoms with Gasteiger partial charge in [0, 0.05) is 32.4 Å². The van der Waals surface area contributed by atoms with E-state index in [1.165, 1.54) is 0 Å². The Morgan fingerprint density at radius 2 is 2.30 bits per heavy atom. The summed E-state index contributed by atoms with van der Waals surface area (Å²) in [5.41, 5.74) is 2.72. The van der Waals surface area contributed by atoms with Gasteiger partial charge in [0.25, 0.3) is 5.91 Å². The van der Waals surface area contributed by atoms with Gasteiger partial charge in [0.2, 0.25) is 0 Å². The van der Waals surface area contributed by atoms with Crippen LogP contribution in [-0.2, 0) is 0 Å². The van der Waals surface area contributed by atoms with Gasteiger partial charge >= 0.3 is 0 Å². The largest absolute Gasteiger partial charge is 0.396 e. The topological polar surface area (TPSA) is 52.6 Å². The van der Waals surface area contributed by atoms with Gasteiger partial charge in [-0.25, -0.2) is 0 Å². The van der Waals surface area contributed by atoms with E-state index in [9.17, 15) is 4.79 Å². The number of hydrogen-bond donors (Lipinski definition) is 2. The fraction of sp³-hybridized carbons (Fsp3) is 0.562. The molecule has 1 unspecified atom stereocenters. The number of amides is 1. The maximum Gasteiger partial charge on any atom is 0.255 e. The molecular weight excluding hydrogens is 252 g/mol. The molecule has 2 rings (SSSR count). The summed E-state index contributed by atoms with van der Waals surface area (Å²) >= 11 is 0. The number of nitrogens with zero attached hydrogens (tertiary/aromatic N) is 1. The van der Waals surface area contributed by atoms with Crippen LogP contribution in [0, 0.1) is 12.8 Å². The van der Waals surface area contributed by atoms with Gasteiger partial charge in [-0.2, -0.15) is 0 Å². The third-order valence-electron chi connectivity index (χ3n) is 4.02. The van der Waals surface area contributed by atoms with Gasteiger partial charge in [0.1, 0.15) is 0 Å². The number of aryl methyl sites for hydroxylation is 1. The van der Waals surface area contributed by atoms with E-state index in [0.29, 0.717) is 5.92 Å². The van der Waals surface area contributed by atoms with Gasteiger partial charge in [-0.05, 0) is 44.2 Å². The number of carbonyl (C=O) groups is 1. The van der Waals surface area contributed by atoms with Crippen molar-refractivity contribution in [2.24, 2.45) is 5.92 Å². The number of likely N-dealkylation sites (tertiary alicyclic amines) is 1. The molecule has 1 atom stereocenters. The van der Waals surface area contributed by atoms with Crippen LogP contribution in [0.2, 0.25) is 0 Å². The van der Waals surface area contributed by atoms with Crippen LogP contribution in [0.1, 0.15) is 35.2 Å². The van der Waals surface area contributed by atoms with E-state index in [-0.39, 0.29) is 12.5 Å². The van der Waals surface area contributed by atoms with Crippen LogP contribution < -0.4 is 5.32 Å². The maximum atomic E-state index is 12.7. The summed E-state index contributed by atoms with van der Waals surface area (Å²) < 4.78 is 0. The summed E-state index contributed by atoms with van der Waals surface area (Å²) in [6.45, 7) is 3.79. The van der Waals surface area contributed by atoms with E-state index >= 15 is 0 Å². The van der Waals surface area contributed by atoms with Crippen LogP contribution in [0.4, 0.5) is 5.69 Å². The highest BCUT2D eigenvalue weighted by atomic mass is 16.3. The minimum atomic E-state index is 0.0979. The molecule has 1 aromatic rings. The molecule has 0 aromatic heterocycles. The van der Waals surface area contributed by atoms with E-state index < -0.39 is 0 Å². The Labute approximate surface area is 120 Å². The number of anilines is 1. The molecule has 4 nitrogen and oxygen atoms in total. The minimum Gasteiger partial charge on any atom is -0.396 e. The predicted molar refractivity (Wildman–Crippen MR) is 81.1 cm³/mol. The van der Waals surface area contributed by atoms with Gasteiger partial charge in [0.15, 0.2) is 0 Å². The van der Waals surface area contributed by atoms with E-state index in [0.717, 1.165) is 49.2 Å². The third-order valence-corrected chi connectivity index (χ3v) is 4.02. The van der Waals surface area contributed by atoms with Crippen LogP contribution in [0.25, 0.3) is 0 Å². The second kappa shape index (κ2) is 6.75. The molecule has 0 aliphatic carbocycles. The molecule has 1 aliphatic heterocycles. The van der Waals surface area contributed by atoms with Gasteiger partial charge in [-0.1, -0.05) is 11.6 Å². The number of aliphatic hydroxyl groups excluding tert-OH is 1. The average molecular weight is 276 g/mol. The molecule has 1 saturated heterocycles. The van der Waals surface area contributed by atoms with E-state index in [1.54, 1.807) is 0 Å². The molecule has 0 saturated carbocycles. The van der Waals surface area contributed by atoms with Gasteiger partial charge in [-0.3, -0.25) is 4.79 Å².